The van der Waals surface area contributed by atoms with Crippen LogP contribution < -0.4 is 10.6 Å². The third-order valence-corrected chi connectivity index (χ3v) is 4.95. The molecule has 1 aliphatic rings. The predicted octanol–water partition coefficient (Wildman–Crippen LogP) is 3.02. The smallest absolute Gasteiger partial charge is 0.0412 e. The van der Waals surface area contributed by atoms with Gasteiger partial charge in [0.1, 0.15) is 0 Å². The first-order chi connectivity index (χ1) is 9.50. The Morgan fingerprint density at radius 2 is 1.85 bits per heavy atom. The van der Waals surface area contributed by atoms with E-state index in [0.29, 0.717) is 5.54 Å². The van der Waals surface area contributed by atoms with Crippen molar-refractivity contribution in [3.8, 4) is 0 Å². The lowest BCUT2D eigenvalue weighted by Gasteiger charge is -2.49. The summed E-state index contributed by atoms with van der Waals surface area (Å²) < 4.78 is 0. The number of likely N-dealkylation sites (N-methyl/N-ethyl adjacent to an activating group) is 2. The van der Waals surface area contributed by atoms with Crippen molar-refractivity contribution in [2.24, 2.45) is 5.73 Å². The molecule has 2 N–H and O–H groups in total. The zero-order chi connectivity index (χ0) is 14.8. The van der Waals surface area contributed by atoms with Crippen LogP contribution in [-0.4, -0.2) is 38.1 Å². The van der Waals surface area contributed by atoms with Crippen LogP contribution in [0.15, 0.2) is 24.3 Å². The van der Waals surface area contributed by atoms with Crippen LogP contribution in [0.2, 0.25) is 0 Å². The lowest BCUT2D eigenvalue weighted by atomic mass is 9.75. The van der Waals surface area contributed by atoms with Crippen LogP contribution in [0, 0.1) is 0 Å². The number of anilines is 1. The number of para-hydroxylation sites is 1. The van der Waals surface area contributed by atoms with E-state index in [1.54, 1.807) is 0 Å². The highest BCUT2D eigenvalue weighted by atomic mass is 15.2. The Labute approximate surface area is 123 Å². The third-order valence-electron chi connectivity index (χ3n) is 4.95. The van der Waals surface area contributed by atoms with E-state index in [-0.39, 0.29) is 6.04 Å². The van der Waals surface area contributed by atoms with Crippen molar-refractivity contribution in [3.05, 3.63) is 29.8 Å². The fraction of sp³-hybridized carbons (Fsp3) is 0.647. The molecule has 1 atom stereocenters. The first kappa shape index (κ1) is 15.3. The largest absolute Gasteiger partial charge is 0.372 e. The fourth-order valence-electron chi connectivity index (χ4n) is 3.23. The second-order valence-corrected chi connectivity index (χ2v) is 6.40. The summed E-state index contributed by atoms with van der Waals surface area (Å²) >= 11 is 0. The Kier molecular flexibility index (Phi) is 4.71. The topological polar surface area (TPSA) is 32.5 Å². The highest BCUT2D eigenvalue weighted by Crippen LogP contribution is 2.38. The van der Waals surface area contributed by atoms with E-state index in [4.69, 9.17) is 5.73 Å². The van der Waals surface area contributed by atoms with Crippen LogP contribution >= 0.6 is 0 Å². The van der Waals surface area contributed by atoms with Gasteiger partial charge in [-0.25, -0.2) is 0 Å². The summed E-state index contributed by atoms with van der Waals surface area (Å²) in [5.41, 5.74) is 9.17. The standard InChI is InChI=1S/C17H29N3/c1-5-15(18)14-9-6-7-10-16(14)20(4)13-17(19(2)3)11-8-12-17/h6-7,9-10,15H,5,8,11-13,18H2,1-4H3/t15-/m0/s1. The van der Waals surface area contributed by atoms with Crippen molar-refractivity contribution in [2.45, 2.75) is 44.2 Å². The minimum atomic E-state index is 0.130. The molecular weight excluding hydrogens is 246 g/mol. The minimum Gasteiger partial charge on any atom is -0.372 e. The SMILES string of the molecule is CC[C@H](N)c1ccccc1N(C)CC1(N(C)C)CCC1. The van der Waals surface area contributed by atoms with Crippen molar-refractivity contribution in [1.29, 1.82) is 0 Å². The molecule has 0 heterocycles. The molecule has 1 aliphatic carbocycles. The van der Waals surface area contributed by atoms with Crippen LogP contribution in [0.5, 0.6) is 0 Å². The molecule has 20 heavy (non-hydrogen) atoms. The summed E-state index contributed by atoms with van der Waals surface area (Å²) in [5, 5.41) is 0. The van der Waals surface area contributed by atoms with Gasteiger partial charge in [-0.05, 0) is 51.4 Å². The van der Waals surface area contributed by atoms with E-state index in [1.807, 2.05) is 0 Å². The molecule has 0 aromatic heterocycles. The quantitative estimate of drug-likeness (QED) is 0.866. The van der Waals surface area contributed by atoms with E-state index in [1.165, 1.54) is 30.5 Å². The van der Waals surface area contributed by atoms with E-state index in [9.17, 15) is 0 Å². The third kappa shape index (κ3) is 2.84. The summed E-state index contributed by atoms with van der Waals surface area (Å²) in [4.78, 5) is 4.79. The lowest BCUT2D eigenvalue weighted by Crippen LogP contribution is -2.56. The minimum absolute atomic E-state index is 0.130. The monoisotopic (exact) mass is 275 g/mol. The van der Waals surface area contributed by atoms with Gasteiger partial charge in [0, 0.05) is 30.9 Å². The van der Waals surface area contributed by atoms with Gasteiger partial charge < -0.3 is 15.5 Å². The summed E-state index contributed by atoms with van der Waals surface area (Å²) in [6, 6.07) is 8.70. The molecule has 1 aromatic carbocycles. The fourth-order valence-corrected chi connectivity index (χ4v) is 3.23. The molecule has 112 valence electrons. The van der Waals surface area contributed by atoms with Crippen molar-refractivity contribution >= 4 is 5.69 Å². The Balaban J connectivity index is 2.19. The number of rotatable bonds is 6. The number of nitrogens with two attached hydrogens (primary N) is 1. The van der Waals surface area contributed by atoms with E-state index >= 15 is 0 Å². The molecular formula is C17H29N3. The van der Waals surface area contributed by atoms with Crippen molar-refractivity contribution < 1.29 is 0 Å². The van der Waals surface area contributed by atoms with Gasteiger partial charge in [-0.15, -0.1) is 0 Å². The van der Waals surface area contributed by atoms with E-state index in [2.05, 4.69) is 62.1 Å². The second kappa shape index (κ2) is 6.15. The number of nitrogens with zero attached hydrogens (tertiary/aromatic N) is 2. The molecule has 3 heteroatoms. The molecule has 0 unspecified atom stereocenters. The normalized spacial score (nSPS) is 18.7. The van der Waals surface area contributed by atoms with Gasteiger partial charge in [0.05, 0.1) is 0 Å². The van der Waals surface area contributed by atoms with Crippen LogP contribution in [0.1, 0.15) is 44.2 Å². The van der Waals surface area contributed by atoms with Gasteiger partial charge in [0.15, 0.2) is 0 Å². The van der Waals surface area contributed by atoms with Crippen LogP contribution in [-0.2, 0) is 0 Å². The number of hydrogen-bond acceptors (Lipinski definition) is 3. The van der Waals surface area contributed by atoms with E-state index in [0.717, 1.165) is 13.0 Å². The number of hydrogen-bond donors (Lipinski definition) is 1. The number of benzene rings is 1. The maximum absolute atomic E-state index is 6.27. The Bertz CT molecular complexity index is 438. The molecule has 1 saturated carbocycles. The molecule has 2 rings (SSSR count). The van der Waals surface area contributed by atoms with Crippen LogP contribution in [0.3, 0.4) is 0 Å². The van der Waals surface area contributed by atoms with Gasteiger partial charge in [-0.1, -0.05) is 25.1 Å². The molecule has 0 aliphatic heterocycles. The average Bonchev–Trinajstić information content (AvgIpc) is 2.41. The Morgan fingerprint density at radius 3 is 2.35 bits per heavy atom. The van der Waals surface area contributed by atoms with Crippen LogP contribution in [0.25, 0.3) is 0 Å². The zero-order valence-corrected chi connectivity index (χ0v) is 13.4. The first-order valence-electron chi connectivity index (χ1n) is 7.73. The summed E-state index contributed by atoms with van der Waals surface area (Å²) in [7, 11) is 6.61. The summed E-state index contributed by atoms with van der Waals surface area (Å²) in [6.07, 6.45) is 4.92. The average molecular weight is 275 g/mol. The van der Waals surface area contributed by atoms with Gasteiger partial charge in [-0.2, -0.15) is 0 Å². The molecule has 0 radical (unpaired) electrons. The Morgan fingerprint density at radius 1 is 1.20 bits per heavy atom. The molecule has 0 amide bonds. The molecule has 0 spiro atoms. The second-order valence-electron chi connectivity index (χ2n) is 6.40. The van der Waals surface area contributed by atoms with Gasteiger partial charge in [0.25, 0.3) is 0 Å². The van der Waals surface area contributed by atoms with Crippen molar-refractivity contribution in [3.63, 3.8) is 0 Å². The summed E-state index contributed by atoms with van der Waals surface area (Å²) in [6.45, 7) is 3.22. The molecule has 0 saturated heterocycles. The highest BCUT2D eigenvalue weighted by molar-refractivity contribution is 5.54. The lowest BCUT2D eigenvalue weighted by molar-refractivity contribution is 0.0683. The molecule has 0 bridgehead atoms. The predicted molar refractivity (Wildman–Crippen MR) is 87.2 cm³/mol. The van der Waals surface area contributed by atoms with Crippen molar-refractivity contribution in [1.82, 2.24) is 4.90 Å². The maximum atomic E-state index is 6.27. The summed E-state index contributed by atoms with van der Waals surface area (Å²) in [5.74, 6) is 0. The molecule has 1 fully saturated rings. The highest BCUT2D eigenvalue weighted by Gasteiger charge is 2.40. The molecule has 1 aromatic rings. The zero-order valence-electron chi connectivity index (χ0n) is 13.4. The molecule has 3 nitrogen and oxygen atoms in total. The van der Waals surface area contributed by atoms with Gasteiger partial charge >= 0.3 is 0 Å². The Hall–Kier alpha value is -1.06. The van der Waals surface area contributed by atoms with Gasteiger partial charge in [-0.3, -0.25) is 0 Å². The van der Waals surface area contributed by atoms with Crippen LogP contribution in [0.4, 0.5) is 5.69 Å². The van der Waals surface area contributed by atoms with Gasteiger partial charge in [0.2, 0.25) is 0 Å². The first-order valence-corrected chi connectivity index (χ1v) is 7.73. The van der Waals surface area contributed by atoms with E-state index < -0.39 is 0 Å². The van der Waals surface area contributed by atoms with Crippen molar-refractivity contribution in [2.75, 3.05) is 32.6 Å². The maximum Gasteiger partial charge on any atom is 0.0412 e.